The molecule has 0 radical (unpaired) electrons. The zero-order valence-corrected chi connectivity index (χ0v) is 20.5. The summed E-state index contributed by atoms with van der Waals surface area (Å²) in [7, 11) is -4.14. The van der Waals surface area contributed by atoms with E-state index in [-0.39, 0.29) is 34.3 Å². The fourth-order valence-electron chi connectivity index (χ4n) is 4.56. The first-order valence-electron chi connectivity index (χ1n) is 11.6. The minimum absolute atomic E-state index is 0.0375. The quantitative estimate of drug-likeness (QED) is 0.362. The van der Waals surface area contributed by atoms with Crippen LogP contribution in [0.4, 0.5) is 0 Å². The molecule has 3 aromatic rings. The molecular weight excluding hydrogens is 464 g/mol. The number of aliphatic carboxylic acids is 1. The van der Waals surface area contributed by atoms with Crippen molar-refractivity contribution in [3.05, 3.63) is 94.6 Å². The maximum absolute atomic E-state index is 13.0. The van der Waals surface area contributed by atoms with Crippen molar-refractivity contribution in [3.63, 3.8) is 0 Å². The molecule has 0 aromatic heterocycles. The number of hydrogen-bond acceptors (Lipinski definition) is 5. The predicted molar refractivity (Wildman–Crippen MR) is 134 cm³/mol. The molecule has 35 heavy (non-hydrogen) atoms. The van der Waals surface area contributed by atoms with Gasteiger partial charge in [-0.1, -0.05) is 50.2 Å². The molecule has 0 spiro atoms. The van der Waals surface area contributed by atoms with Gasteiger partial charge in [0.05, 0.1) is 0 Å². The lowest BCUT2D eigenvalue weighted by Crippen LogP contribution is -2.12. The second-order valence-corrected chi connectivity index (χ2v) is 10.4. The van der Waals surface area contributed by atoms with Crippen LogP contribution >= 0.6 is 0 Å². The number of carbonyl (C=O) groups is 1. The highest BCUT2D eigenvalue weighted by molar-refractivity contribution is 7.87. The van der Waals surface area contributed by atoms with Crippen LogP contribution in [0, 0.1) is 0 Å². The van der Waals surface area contributed by atoms with Crippen molar-refractivity contribution >= 4 is 22.2 Å². The number of phenols is 1. The summed E-state index contributed by atoms with van der Waals surface area (Å²) in [5.74, 6) is -0.0426. The van der Waals surface area contributed by atoms with Gasteiger partial charge in [-0.3, -0.25) is 0 Å². The number of hydrogen-bond donors (Lipinski definition) is 2. The van der Waals surface area contributed by atoms with E-state index in [4.69, 9.17) is 4.18 Å². The highest BCUT2D eigenvalue weighted by atomic mass is 32.2. The highest BCUT2D eigenvalue weighted by Gasteiger charge is 2.27. The molecule has 182 valence electrons. The average Bonchev–Trinajstić information content (AvgIpc) is 3.28. The van der Waals surface area contributed by atoms with Gasteiger partial charge in [0.2, 0.25) is 0 Å². The summed E-state index contributed by atoms with van der Waals surface area (Å²) in [6.45, 7) is 4.28. The van der Waals surface area contributed by atoms with Crippen LogP contribution in [0.15, 0.2) is 77.2 Å². The first-order valence-corrected chi connectivity index (χ1v) is 13.0. The Balaban J connectivity index is 1.50. The van der Waals surface area contributed by atoms with Gasteiger partial charge in [0.1, 0.15) is 16.4 Å². The Hall–Kier alpha value is -3.58. The van der Waals surface area contributed by atoms with Crippen molar-refractivity contribution in [3.8, 4) is 11.5 Å². The molecule has 1 aliphatic rings. The molecule has 4 rings (SSSR count). The van der Waals surface area contributed by atoms with Crippen LogP contribution in [-0.2, 0) is 21.3 Å². The SMILES string of the molecule is CCC(CC(C)c1ccc(O)cc1)c1ccc(OS(=O)(=O)c2cccc3c2C=C(C(=O)O)C3)cc1. The van der Waals surface area contributed by atoms with Gasteiger partial charge in [-0.05, 0) is 77.8 Å². The molecule has 0 bridgehead atoms. The van der Waals surface area contributed by atoms with E-state index < -0.39 is 16.1 Å². The first-order chi connectivity index (χ1) is 16.7. The van der Waals surface area contributed by atoms with E-state index in [1.54, 1.807) is 36.4 Å². The maximum atomic E-state index is 13.0. The average molecular weight is 493 g/mol. The van der Waals surface area contributed by atoms with E-state index >= 15 is 0 Å². The monoisotopic (exact) mass is 492 g/mol. The molecule has 0 heterocycles. The van der Waals surface area contributed by atoms with Crippen molar-refractivity contribution in [2.24, 2.45) is 0 Å². The molecule has 7 heteroatoms. The van der Waals surface area contributed by atoms with Gasteiger partial charge in [0.15, 0.2) is 0 Å². The summed E-state index contributed by atoms with van der Waals surface area (Å²) in [5, 5.41) is 18.8. The number of fused-ring (bicyclic) bond motifs is 1. The Morgan fingerprint density at radius 3 is 2.29 bits per heavy atom. The largest absolute Gasteiger partial charge is 0.508 e. The number of carboxylic acid groups (broad SMARTS) is 1. The highest BCUT2D eigenvalue weighted by Crippen LogP contribution is 2.35. The number of carboxylic acids is 1. The first kappa shape index (κ1) is 24.5. The second-order valence-electron chi connectivity index (χ2n) is 8.92. The summed E-state index contributed by atoms with van der Waals surface area (Å²) in [5.41, 5.74) is 3.42. The summed E-state index contributed by atoms with van der Waals surface area (Å²) < 4.78 is 31.5. The smallest absolute Gasteiger partial charge is 0.339 e. The van der Waals surface area contributed by atoms with Crippen molar-refractivity contribution in [1.29, 1.82) is 0 Å². The maximum Gasteiger partial charge on any atom is 0.339 e. The summed E-state index contributed by atoms with van der Waals surface area (Å²) >= 11 is 0. The molecule has 0 aliphatic heterocycles. The van der Waals surface area contributed by atoms with E-state index in [9.17, 15) is 23.4 Å². The molecule has 3 aromatic carbocycles. The zero-order chi connectivity index (χ0) is 25.2. The van der Waals surface area contributed by atoms with Gasteiger partial charge in [0.25, 0.3) is 0 Å². The van der Waals surface area contributed by atoms with E-state index in [2.05, 4.69) is 13.8 Å². The number of benzene rings is 3. The Morgan fingerprint density at radius 1 is 1.00 bits per heavy atom. The third-order valence-corrected chi connectivity index (χ3v) is 7.86. The molecule has 2 atom stereocenters. The predicted octanol–water partition coefficient (Wildman–Crippen LogP) is 5.87. The van der Waals surface area contributed by atoms with Crippen LogP contribution in [0.5, 0.6) is 11.5 Å². The molecule has 2 unspecified atom stereocenters. The number of aromatic hydroxyl groups is 1. The van der Waals surface area contributed by atoms with Gasteiger partial charge in [0, 0.05) is 17.6 Å². The lowest BCUT2D eigenvalue weighted by Gasteiger charge is -2.21. The zero-order valence-electron chi connectivity index (χ0n) is 19.6. The van der Waals surface area contributed by atoms with Gasteiger partial charge >= 0.3 is 16.1 Å². The van der Waals surface area contributed by atoms with Crippen molar-refractivity contribution in [1.82, 2.24) is 0 Å². The molecule has 2 N–H and O–H groups in total. The lowest BCUT2D eigenvalue weighted by atomic mass is 9.84. The fraction of sp³-hybridized carbons (Fsp3) is 0.250. The van der Waals surface area contributed by atoms with Crippen LogP contribution in [0.3, 0.4) is 0 Å². The third kappa shape index (κ3) is 5.41. The van der Waals surface area contributed by atoms with Crippen molar-refractivity contribution in [2.75, 3.05) is 0 Å². The standard InChI is InChI=1S/C28H28O6S/c1-3-19(15-18(2)20-7-11-24(29)12-8-20)21-9-13-25(14-10-21)34-35(32,33)27-6-4-5-22-16-23(28(30)31)17-26(22)27/h4-14,17-19,29H,3,15-16H2,1-2H3,(H,30,31). The molecule has 0 fully saturated rings. The summed E-state index contributed by atoms with van der Waals surface area (Å²) in [4.78, 5) is 11.3. The van der Waals surface area contributed by atoms with Gasteiger partial charge in [-0.2, -0.15) is 8.42 Å². The van der Waals surface area contributed by atoms with E-state index in [0.29, 0.717) is 17.0 Å². The fourth-order valence-corrected chi connectivity index (χ4v) is 5.72. The van der Waals surface area contributed by atoms with E-state index in [1.807, 2.05) is 24.3 Å². The molecule has 1 aliphatic carbocycles. The van der Waals surface area contributed by atoms with Crippen molar-refractivity contribution in [2.45, 2.75) is 49.8 Å². The molecule has 0 saturated heterocycles. The third-order valence-electron chi connectivity index (χ3n) is 6.55. The second kappa shape index (κ2) is 9.96. The Labute approximate surface area is 205 Å². The number of phenolic OH excluding ortho intramolecular Hbond substituents is 1. The topological polar surface area (TPSA) is 101 Å². The molecule has 6 nitrogen and oxygen atoms in total. The minimum Gasteiger partial charge on any atom is -0.508 e. The normalized spacial score (nSPS) is 14.6. The van der Waals surface area contributed by atoms with Crippen LogP contribution in [0.25, 0.3) is 6.08 Å². The van der Waals surface area contributed by atoms with Crippen LogP contribution in [-0.4, -0.2) is 24.6 Å². The van der Waals surface area contributed by atoms with Gasteiger partial charge in [-0.15, -0.1) is 0 Å². The molecular formula is C28H28O6S. The van der Waals surface area contributed by atoms with Gasteiger partial charge in [-0.25, -0.2) is 4.79 Å². The van der Waals surface area contributed by atoms with Crippen molar-refractivity contribution < 1.29 is 27.6 Å². The van der Waals surface area contributed by atoms with E-state index in [0.717, 1.165) is 24.0 Å². The van der Waals surface area contributed by atoms with Crippen LogP contribution in [0.2, 0.25) is 0 Å². The molecule has 0 amide bonds. The minimum atomic E-state index is -4.14. The Kier molecular flexibility index (Phi) is 6.98. The van der Waals surface area contributed by atoms with Crippen LogP contribution in [0.1, 0.15) is 60.8 Å². The Bertz CT molecular complexity index is 1360. The molecule has 0 saturated carbocycles. The van der Waals surface area contributed by atoms with Crippen LogP contribution < -0.4 is 4.18 Å². The summed E-state index contributed by atoms with van der Waals surface area (Å²) in [6.07, 6.45) is 3.42. The Morgan fingerprint density at radius 2 is 1.66 bits per heavy atom. The van der Waals surface area contributed by atoms with E-state index in [1.165, 1.54) is 12.1 Å². The number of rotatable bonds is 9. The summed E-state index contributed by atoms with van der Waals surface area (Å²) in [6, 6.07) is 19.1. The van der Waals surface area contributed by atoms with Gasteiger partial charge < -0.3 is 14.4 Å². The lowest BCUT2D eigenvalue weighted by molar-refractivity contribution is -0.132.